The van der Waals surface area contributed by atoms with Crippen LogP contribution < -0.4 is 22.3 Å². The number of nitrogen functional groups attached to an aromatic ring is 2. The first-order chi connectivity index (χ1) is 9.09. The van der Waals surface area contributed by atoms with E-state index in [1.165, 1.54) is 6.33 Å². The summed E-state index contributed by atoms with van der Waals surface area (Å²) in [6.45, 7) is 0. The van der Waals surface area contributed by atoms with Crippen molar-refractivity contribution >= 4 is 34.8 Å². The number of nitrogens with one attached hydrogen (secondary N) is 2. The van der Waals surface area contributed by atoms with E-state index in [1.54, 1.807) is 24.3 Å². The van der Waals surface area contributed by atoms with Crippen molar-refractivity contribution in [2.45, 2.75) is 0 Å². The van der Waals surface area contributed by atoms with Gasteiger partial charge in [0.1, 0.15) is 12.0 Å². The number of nitrogens with zero attached hydrogens (tertiary/aromatic N) is 2. The third-order valence-electron chi connectivity index (χ3n) is 2.33. The smallest absolute Gasteiger partial charge is 0.271 e. The van der Waals surface area contributed by atoms with E-state index in [2.05, 4.69) is 20.8 Å². The van der Waals surface area contributed by atoms with Crippen LogP contribution in [-0.2, 0) is 0 Å². The second-order valence-electron chi connectivity index (χ2n) is 3.58. The van der Waals surface area contributed by atoms with Crippen LogP contribution in [-0.4, -0.2) is 15.9 Å². The molecule has 0 radical (unpaired) electrons. The van der Waals surface area contributed by atoms with Gasteiger partial charge in [0.25, 0.3) is 5.91 Å². The van der Waals surface area contributed by atoms with Gasteiger partial charge in [-0.1, -0.05) is 23.7 Å². The maximum Gasteiger partial charge on any atom is 0.271 e. The van der Waals surface area contributed by atoms with Crippen molar-refractivity contribution < 1.29 is 4.79 Å². The molecule has 0 fully saturated rings. The van der Waals surface area contributed by atoms with E-state index in [0.717, 1.165) is 0 Å². The molecule has 1 heterocycles. The minimum Gasteiger partial charge on any atom is -0.393 e. The third kappa shape index (κ3) is 2.83. The fourth-order valence-corrected chi connectivity index (χ4v) is 1.56. The maximum atomic E-state index is 11.9. The molecular formula is C11H11ClN6O. The molecule has 0 aliphatic carbocycles. The Hall–Kier alpha value is -2.54. The summed E-state index contributed by atoms with van der Waals surface area (Å²) in [5.41, 5.74) is 16.6. The third-order valence-corrected chi connectivity index (χ3v) is 2.66. The average Bonchev–Trinajstić information content (AvgIpc) is 2.40. The number of carbonyl (C=O) groups excluding carboxylic acids is 1. The van der Waals surface area contributed by atoms with E-state index in [1.807, 2.05) is 0 Å². The Balaban J connectivity index is 2.09. The zero-order valence-electron chi connectivity index (χ0n) is 9.72. The van der Waals surface area contributed by atoms with Gasteiger partial charge in [0.05, 0.1) is 10.6 Å². The van der Waals surface area contributed by atoms with Gasteiger partial charge in [-0.15, -0.1) is 0 Å². The lowest BCUT2D eigenvalue weighted by Gasteiger charge is -2.10. The van der Waals surface area contributed by atoms with Crippen LogP contribution in [0, 0.1) is 0 Å². The van der Waals surface area contributed by atoms with Crippen molar-refractivity contribution in [3.05, 3.63) is 41.2 Å². The summed E-state index contributed by atoms with van der Waals surface area (Å²) in [7, 11) is 0. The highest BCUT2D eigenvalue weighted by Gasteiger charge is 2.10. The number of nitrogens with two attached hydrogens (primary N) is 2. The zero-order chi connectivity index (χ0) is 13.8. The van der Waals surface area contributed by atoms with E-state index >= 15 is 0 Å². The molecule has 0 unspecified atom stereocenters. The SMILES string of the molecule is Nc1ncnc(NNC(=O)c2ccccc2Cl)c1N. The highest BCUT2D eigenvalue weighted by Crippen LogP contribution is 2.19. The van der Waals surface area contributed by atoms with Crippen molar-refractivity contribution in [1.82, 2.24) is 15.4 Å². The topological polar surface area (TPSA) is 119 Å². The molecule has 8 heteroatoms. The molecule has 7 nitrogen and oxygen atoms in total. The van der Waals surface area contributed by atoms with Crippen LogP contribution in [0.2, 0.25) is 5.02 Å². The van der Waals surface area contributed by atoms with E-state index in [9.17, 15) is 4.79 Å². The number of rotatable bonds is 3. The standard InChI is InChI=1S/C11H11ClN6O/c12-7-4-2-1-3-6(7)11(19)18-17-10-8(13)9(14)15-5-16-10/h1-5H,13H2,(H,18,19)(H3,14,15,16,17). The molecule has 0 saturated carbocycles. The number of hydrogen-bond acceptors (Lipinski definition) is 6. The molecule has 2 rings (SSSR count). The summed E-state index contributed by atoms with van der Waals surface area (Å²) in [5, 5.41) is 0.344. The number of amides is 1. The fourth-order valence-electron chi connectivity index (χ4n) is 1.34. The second-order valence-corrected chi connectivity index (χ2v) is 3.99. The molecule has 6 N–H and O–H groups in total. The van der Waals surface area contributed by atoms with Crippen molar-refractivity contribution in [3.8, 4) is 0 Å². The van der Waals surface area contributed by atoms with Gasteiger partial charge in [-0.05, 0) is 12.1 Å². The van der Waals surface area contributed by atoms with Gasteiger partial charge in [0.2, 0.25) is 0 Å². The second kappa shape index (κ2) is 5.40. The molecule has 0 saturated heterocycles. The number of carbonyl (C=O) groups is 1. The van der Waals surface area contributed by atoms with Crippen LogP contribution >= 0.6 is 11.6 Å². The summed E-state index contributed by atoms with van der Waals surface area (Å²) in [4.78, 5) is 19.4. The predicted molar refractivity (Wildman–Crippen MR) is 73.4 cm³/mol. The summed E-state index contributed by atoms with van der Waals surface area (Å²) in [6.07, 6.45) is 1.23. The Morgan fingerprint density at radius 2 is 1.95 bits per heavy atom. The zero-order valence-corrected chi connectivity index (χ0v) is 10.5. The van der Waals surface area contributed by atoms with Crippen LogP contribution in [0.4, 0.5) is 17.3 Å². The van der Waals surface area contributed by atoms with E-state index in [0.29, 0.717) is 10.6 Å². The molecule has 19 heavy (non-hydrogen) atoms. The molecule has 0 bridgehead atoms. The monoisotopic (exact) mass is 278 g/mol. The average molecular weight is 279 g/mol. The van der Waals surface area contributed by atoms with Gasteiger partial charge in [0.15, 0.2) is 11.6 Å². The van der Waals surface area contributed by atoms with Crippen LogP contribution in [0.1, 0.15) is 10.4 Å². The Bertz CT molecular complexity index is 618. The first-order valence-corrected chi connectivity index (χ1v) is 5.64. The lowest BCUT2D eigenvalue weighted by Crippen LogP contribution is -2.30. The molecule has 1 amide bonds. The Kier molecular flexibility index (Phi) is 3.67. The quantitative estimate of drug-likeness (QED) is 0.623. The highest BCUT2D eigenvalue weighted by atomic mass is 35.5. The summed E-state index contributed by atoms with van der Waals surface area (Å²) in [6, 6.07) is 6.65. The van der Waals surface area contributed by atoms with Crippen LogP contribution in [0.5, 0.6) is 0 Å². The fraction of sp³-hybridized carbons (Fsp3) is 0. The summed E-state index contributed by atoms with van der Waals surface area (Å²) >= 11 is 5.90. The molecule has 0 aliphatic heterocycles. The van der Waals surface area contributed by atoms with Crippen molar-refractivity contribution in [2.24, 2.45) is 0 Å². The van der Waals surface area contributed by atoms with Crippen molar-refractivity contribution in [2.75, 3.05) is 16.9 Å². The number of halogens is 1. The molecule has 2 aromatic rings. The maximum absolute atomic E-state index is 11.9. The highest BCUT2D eigenvalue weighted by molar-refractivity contribution is 6.33. The molecule has 0 aliphatic rings. The lowest BCUT2D eigenvalue weighted by atomic mass is 10.2. The van der Waals surface area contributed by atoms with E-state index < -0.39 is 5.91 Å². The van der Waals surface area contributed by atoms with Crippen LogP contribution in [0.15, 0.2) is 30.6 Å². The first kappa shape index (κ1) is 12.9. The molecule has 1 aromatic carbocycles. The van der Waals surface area contributed by atoms with Gasteiger partial charge in [-0.25, -0.2) is 9.97 Å². The number of hydrogen-bond donors (Lipinski definition) is 4. The lowest BCUT2D eigenvalue weighted by molar-refractivity contribution is 0.0962. The van der Waals surface area contributed by atoms with Crippen LogP contribution in [0.3, 0.4) is 0 Å². The largest absolute Gasteiger partial charge is 0.393 e. The number of anilines is 3. The van der Waals surface area contributed by atoms with E-state index in [4.69, 9.17) is 23.1 Å². The normalized spacial score (nSPS) is 9.95. The van der Waals surface area contributed by atoms with Gasteiger partial charge in [-0.2, -0.15) is 0 Å². The Morgan fingerprint density at radius 3 is 2.68 bits per heavy atom. The number of aromatic nitrogens is 2. The van der Waals surface area contributed by atoms with Crippen LogP contribution in [0.25, 0.3) is 0 Å². The van der Waals surface area contributed by atoms with E-state index in [-0.39, 0.29) is 17.3 Å². The first-order valence-electron chi connectivity index (χ1n) is 5.26. The van der Waals surface area contributed by atoms with Gasteiger partial charge >= 0.3 is 0 Å². The summed E-state index contributed by atoms with van der Waals surface area (Å²) in [5.74, 6) is -0.0698. The van der Waals surface area contributed by atoms with Crippen molar-refractivity contribution in [1.29, 1.82) is 0 Å². The minimum absolute atomic E-state index is 0.129. The Morgan fingerprint density at radius 1 is 1.21 bits per heavy atom. The molecule has 0 spiro atoms. The molecule has 98 valence electrons. The van der Waals surface area contributed by atoms with Gasteiger partial charge < -0.3 is 11.5 Å². The van der Waals surface area contributed by atoms with Gasteiger partial charge in [0, 0.05) is 0 Å². The molecule has 1 aromatic heterocycles. The number of benzene rings is 1. The number of hydrazine groups is 1. The summed E-state index contributed by atoms with van der Waals surface area (Å²) < 4.78 is 0. The molecule has 0 atom stereocenters. The van der Waals surface area contributed by atoms with Crippen molar-refractivity contribution in [3.63, 3.8) is 0 Å². The van der Waals surface area contributed by atoms with Gasteiger partial charge in [-0.3, -0.25) is 15.6 Å². The Labute approximate surface area is 114 Å². The minimum atomic E-state index is -0.415. The molecular weight excluding hydrogens is 268 g/mol. The predicted octanol–water partition coefficient (Wildman–Crippen LogP) is 1.05.